The van der Waals surface area contributed by atoms with Gasteiger partial charge in [-0.3, -0.25) is 4.90 Å². The number of nitrogens with zero attached hydrogens (tertiary/aromatic N) is 1. The van der Waals surface area contributed by atoms with Crippen molar-refractivity contribution in [3.8, 4) is 0 Å². The molecule has 3 atom stereocenters. The number of aliphatic hydroxyl groups is 1. The third kappa shape index (κ3) is 1.08. The van der Waals surface area contributed by atoms with Crippen LogP contribution >= 0.6 is 0 Å². The van der Waals surface area contributed by atoms with Gasteiger partial charge in [0.25, 0.3) is 0 Å². The van der Waals surface area contributed by atoms with E-state index < -0.39 is 0 Å². The van der Waals surface area contributed by atoms with Crippen molar-refractivity contribution in [2.45, 2.75) is 31.0 Å². The molecule has 2 saturated heterocycles. The Morgan fingerprint density at radius 1 is 1.55 bits per heavy atom. The molecule has 2 aliphatic heterocycles. The van der Waals surface area contributed by atoms with Crippen molar-refractivity contribution in [2.75, 3.05) is 20.2 Å². The zero-order valence-corrected chi connectivity index (χ0v) is 6.95. The topological polar surface area (TPSA) is 35.5 Å². The summed E-state index contributed by atoms with van der Waals surface area (Å²) in [5.74, 6) is 0. The van der Waals surface area contributed by atoms with Crippen LogP contribution < -0.4 is 5.32 Å². The van der Waals surface area contributed by atoms with Crippen LogP contribution in [0.2, 0.25) is 0 Å². The largest absolute Gasteiger partial charge is 0.395 e. The van der Waals surface area contributed by atoms with Gasteiger partial charge in [0.2, 0.25) is 0 Å². The zero-order valence-electron chi connectivity index (χ0n) is 6.95. The molecule has 2 heterocycles. The van der Waals surface area contributed by atoms with Gasteiger partial charge >= 0.3 is 0 Å². The predicted octanol–water partition coefficient (Wildman–Crippen LogP) is -0.587. The molecule has 0 radical (unpaired) electrons. The molecular weight excluding hydrogens is 140 g/mol. The lowest BCUT2D eigenvalue weighted by atomic mass is 10.1. The van der Waals surface area contributed by atoms with E-state index in [1.54, 1.807) is 0 Å². The average molecular weight is 156 g/mol. The average Bonchev–Trinajstić information content (AvgIpc) is 2.31. The van der Waals surface area contributed by atoms with E-state index in [4.69, 9.17) is 5.11 Å². The number of fused-ring (bicyclic) bond motifs is 2. The van der Waals surface area contributed by atoms with Crippen LogP contribution in [0.4, 0.5) is 0 Å². The van der Waals surface area contributed by atoms with E-state index in [0.717, 1.165) is 12.6 Å². The molecule has 11 heavy (non-hydrogen) atoms. The van der Waals surface area contributed by atoms with E-state index >= 15 is 0 Å². The highest BCUT2D eigenvalue weighted by Crippen LogP contribution is 2.27. The van der Waals surface area contributed by atoms with Gasteiger partial charge in [-0.25, -0.2) is 0 Å². The van der Waals surface area contributed by atoms with Crippen LogP contribution in [0.25, 0.3) is 0 Å². The molecule has 3 heteroatoms. The van der Waals surface area contributed by atoms with Gasteiger partial charge in [-0.15, -0.1) is 0 Å². The summed E-state index contributed by atoms with van der Waals surface area (Å²) in [5.41, 5.74) is 0. The Hall–Kier alpha value is -0.120. The number of nitrogens with one attached hydrogen (secondary N) is 1. The number of piperazine rings is 1. The highest BCUT2D eigenvalue weighted by molar-refractivity contribution is 4.98. The van der Waals surface area contributed by atoms with Gasteiger partial charge in [-0.05, 0) is 19.9 Å². The maximum atomic E-state index is 9.04. The summed E-state index contributed by atoms with van der Waals surface area (Å²) < 4.78 is 0. The summed E-state index contributed by atoms with van der Waals surface area (Å²) in [6, 6.07) is 1.63. The molecule has 2 fully saturated rings. The first-order chi connectivity index (χ1) is 5.33. The second-order valence-electron chi connectivity index (χ2n) is 3.66. The lowest BCUT2D eigenvalue weighted by Crippen LogP contribution is -2.57. The van der Waals surface area contributed by atoms with Crippen molar-refractivity contribution in [1.82, 2.24) is 10.2 Å². The second-order valence-corrected chi connectivity index (χ2v) is 3.66. The summed E-state index contributed by atoms with van der Waals surface area (Å²) in [6.07, 6.45) is 2.55. The SMILES string of the molecule is CN1C2CCC1C(CO)NC2. The van der Waals surface area contributed by atoms with Crippen LogP contribution in [0.1, 0.15) is 12.8 Å². The monoisotopic (exact) mass is 156 g/mol. The van der Waals surface area contributed by atoms with Crippen molar-refractivity contribution in [3.63, 3.8) is 0 Å². The molecule has 2 bridgehead atoms. The fourth-order valence-corrected chi connectivity index (χ4v) is 2.38. The Labute approximate surface area is 67.4 Å². The number of hydrogen-bond donors (Lipinski definition) is 2. The second kappa shape index (κ2) is 2.73. The minimum Gasteiger partial charge on any atom is -0.395 e. The minimum absolute atomic E-state index is 0.279. The highest BCUT2D eigenvalue weighted by Gasteiger charge is 2.39. The molecule has 64 valence electrons. The summed E-state index contributed by atoms with van der Waals surface area (Å²) in [5, 5.41) is 12.4. The van der Waals surface area contributed by atoms with Gasteiger partial charge in [-0.1, -0.05) is 0 Å². The lowest BCUT2D eigenvalue weighted by molar-refractivity contribution is 0.107. The Balaban J connectivity index is 2.08. The Morgan fingerprint density at radius 3 is 3.09 bits per heavy atom. The molecular formula is C8H16N2O. The number of aliphatic hydroxyl groups excluding tert-OH is 1. The Kier molecular flexibility index (Phi) is 1.87. The van der Waals surface area contributed by atoms with E-state index in [1.165, 1.54) is 12.8 Å². The van der Waals surface area contributed by atoms with E-state index in [1.807, 2.05) is 0 Å². The summed E-state index contributed by atoms with van der Waals surface area (Å²) in [6.45, 7) is 1.33. The molecule has 2 rings (SSSR count). The van der Waals surface area contributed by atoms with E-state index in [2.05, 4.69) is 17.3 Å². The van der Waals surface area contributed by atoms with Crippen molar-refractivity contribution in [3.05, 3.63) is 0 Å². The van der Waals surface area contributed by atoms with Crippen LogP contribution in [-0.2, 0) is 0 Å². The normalized spacial score (nSPS) is 44.7. The van der Waals surface area contributed by atoms with Gasteiger partial charge in [-0.2, -0.15) is 0 Å². The molecule has 0 aromatic carbocycles. The number of likely N-dealkylation sites (N-methyl/N-ethyl adjacent to an activating group) is 1. The number of hydrogen-bond acceptors (Lipinski definition) is 3. The standard InChI is InChI=1S/C8H16N2O/c1-10-6-2-3-8(10)7(5-11)9-4-6/h6-9,11H,2-5H2,1H3. The zero-order chi connectivity index (χ0) is 7.84. The summed E-state index contributed by atoms with van der Waals surface area (Å²) in [4.78, 5) is 2.41. The van der Waals surface area contributed by atoms with Crippen molar-refractivity contribution in [1.29, 1.82) is 0 Å². The maximum Gasteiger partial charge on any atom is 0.0599 e. The smallest absolute Gasteiger partial charge is 0.0599 e. The van der Waals surface area contributed by atoms with Gasteiger partial charge in [0.1, 0.15) is 0 Å². The molecule has 0 aromatic rings. The fourth-order valence-electron chi connectivity index (χ4n) is 2.38. The number of rotatable bonds is 1. The first-order valence-corrected chi connectivity index (χ1v) is 4.39. The van der Waals surface area contributed by atoms with Crippen LogP contribution in [0.15, 0.2) is 0 Å². The molecule has 0 spiro atoms. The van der Waals surface area contributed by atoms with Crippen LogP contribution in [0.3, 0.4) is 0 Å². The van der Waals surface area contributed by atoms with Gasteiger partial charge in [0.15, 0.2) is 0 Å². The molecule has 0 saturated carbocycles. The summed E-state index contributed by atoms with van der Waals surface area (Å²) >= 11 is 0. The molecule has 2 aliphatic rings. The van der Waals surface area contributed by atoms with Crippen LogP contribution in [0.5, 0.6) is 0 Å². The Bertz CT molecular complexity index is 151. The van der Waals surface area contributed by atoms with Crippen LogP contribution in [0, 0.1) is 0 Å². The van der Waals surface area contributed by atoms with Gasteiger partial charge < -0.3 is 10.4 Å². The molecule has 0 amide bonds. The molecule has 3 unspecified atom stereocenters. The van der Waals surface area contributed by atoms with Gasteiger partial charge in [0.05, 0.1) is 6.61 Å². The quantitative estimate of drug-likeness (QED) is 0.533. The van der Waals surface area contributed by atoms with E-state index in [0.29, 0.717) is 12.1 Å². The third-order valence-corrected chi connectivity index (χ3v) is 3.17. The Morgan fingerprint density at radius 2 is 2.36 bits per heavy atom. The van der Waals surface area contributed by atoms with Crippen molar-refractivity contribution in [2.24, 2.45) is 0 Å². The fraction of sp³-hybridized carbons (Fsp3) is 1.00. The molecule has 0 aromatic heterocycles. The third-order valence-electron chi connectivity index (χ3n) is 3.17. The first kappa shape index (κ1) is 7.53. The van der Waals surface area contributed by atoms with Crippen molar-refractivity contribution < 1.29 is 5.11 Å². The molecule has 2 N–H and O–H groups in total. The molecule has 0 aliphatic carbocycles. The maximum absolute atomic E-state index is 9.04. The predicted molar refractivity (Wildman–Crippen MR) is 43.4 cm³/mol. The van der Waals surface area contributed by atoms with Crippen molar-refractivity contribution >= 4 is 0 Å². The first-order valence-electron chi connectivity index (χ1n) is 4.39. The summed E-state index contributed by atoms with van der Waals surface area (Å²) in [7, 11) is 2.17. The van der Waals surface area contributed by atoms with E-state index in [-0.39, 0.29) is 6.61 Å². The van der Waals surface area contributed by atoms with E-state index in [9.17, 15) is 0 Å². The van der Waals surface area contributed by atoms with Gasteiger partial charge in [0, 0.05) is 24.7 Å². The highest BCUT2D eigenvalue weighted by atomic mass is 16.3. The van der Waals surface area contributed by atoms with Crippen LogP contribution in [-0.4, -0.2) is 48.3 Å². The lowest BCUT2D eigenvalue weighted by Gasteiger charge is -2.37. The minimum atomic E-state index is 0.279. The molecule has 3 nitrogen and oxygen atoms in total.